The topological polar surface area (TPSA) is 72.2 Å². The second-order valence-electron chi connectivity index (χ2n) is 4.89. The molecule has 0 aliphatic carbocycles. The molecule has 0 saturated carbocycles. The van der Waals surface area contributed by atoms with Crippen LogP contribution in [0.1, 0.15) is 15.9 Å². The van der Waals surface area contributed by atoms with Gasteiger partial charge in [0.15, 0.2) is 11.6 Å². The minimum absolute atomic E-state index is 0.0932. The van der Waals surface area contributed by atoms with E-state index in [2.05, 4.69) is 21.2 Å². The van der Waals surface area contributed by atoms with E-state index >= 15 is 0 Å². The molecular weight excluding hydrogens is 370 g/mol. The van der Waals surface area contributed by atoms with Crippen LogP contribution in [-0.4, -0.2) is 17.9 Å². The number of halogens is 3. The Balaban J connectivity index is 2.14. The van der Waals surface area contributed by atoms with Gasteiger partial charge < -0.3 is 11.1 Å². The number of nitrogens with one attached hydrogen (secondary N) is 1. The molecule has 2 aromatic carbocycles. The normalized spacial score (nSPS) is 11.8. The average molecular weight is 383 g/mol. The maximum atomic E-state index is 13.2. The van der Waals surface area contributed by atoms with E-state index in [1.807, 2.05) is 6.07 Å². The summed E-state index contributed by atoms with van der Waals surface area (Å²) in [4.78, 5) is 23.6. The first-order valence-corrected chi connectivity index (χ1v) is 7.46. The number of hydrogen-bond acceptors (Lipinski definition) is 2. The van der Waals surface area contributed by atoms with E-state index in [4.69, 9.17) is 5.73 Å². The summed E-state index contributed by atoms with van der Waals surface area (Å²) in [5, 5.41) is 2.43. The summed E-state index contributed by atoms with van der Waals surface area (Å²) in [7, 11) is 0. The van der Waals surface area contributed by atoms with E-state index in [-0.39, 0.29) is 12.0 Å². The summed E-state index contributed by atoms with van der Waals surface area (Å²) in [6.07, 6.45) is 0.185. The van der Waals surface area contributed by atoms with Gasteiger partial charge in [-0.25, -0.2) is 8.78 Å². The Morgan fingerprint density at radius 3 is 2.48 bits per heavy atom. The molecule has 0 bridgehead atoms. The summed E-state index contributed by atoms with van der Waals surface area (Å²) >= 11 is 3.31. The highest BCUT2D eigenvalue weighted by Crippen LogP contribution is 2.14. The SMILES string of the molecule is NC(=O)[C@H](Cc1cccc(Br)c1)NC(=O)c1ccc(F)c(F)c1. The number of primary amides is 1. The molecule has 1 atom stereocenters. The van der Waals surface area contributed by atoms with Crippen LogP contribution in [0.4, 0.5) is 8.78 Å². The molecule has 7 heteroatoms. The zero-order chi connectivity index (χ0) is 17.0. The molecule has 0 unspecified atom stereocenters. The lowest BCUT2D eigenvalue weighted by Gasteiger charge is -2.16. The average Bonchev–Trinajstić information content (AvgIpc) is 2.49. The van der Waals surface area contributed by atoms with E-state index in [1.165, 1.54) is 0 Å². The van der Waals surface area contributed by atoms with Gasteiger partial charge in [-0.05, 0) is 35.9 Å². The molecule has 4 nitrogen and oxygen atoms in total. The first-order chi connectivity index (χ1) is 10.9. The molecule has 0 spiro atoms. The van der Waals surface area contributed by atoms with Crippen molar-refractivity contribution in [3.05, 3.63) is 69.7 Å². The Morgan fingerprint density at radius 1 is 1.13 bits per heavy atom. The van der Waals surface area contributed by atoms with Gasteiger partial charge in [-0.15, -0.1) is 0 Å². The Labute approximate surface area is 139 Å². The standard InChI is InChI=1S/C16H13BrF2N2O2/c17-11-3-1-2-9(6-11)7-14(15(20)22)21-16(23)10-4-5-12(18)13(19)8-10/h1-6,8,14H,7H2,(H2,20,22)(H,21,23)/t14-/m0/s1. The van der Waals surface area contributed by atoms with Crippen LogP contribution in [0.15, 0.2) is 46.9 Å². The molecule has 0 aliphatic rings. The van der Waals surface area contributed by atoms with Crippen molar-refractivity contribution in [2.75, 3.05) is 0 Å². The molecule has 0 saturated heterocycles. The van der Waals surface area contributed by atoms with E-state index < -0.39 is 29.5 Å². The van der Waals surface area contributed by atoms with Crippen molar-refractivity contribution < 1.29 is 18.4 Å². The maximum Gasteiger partial charge on any atom is 0.252 e. The third kappa shape index (κ3) is 4.59. The number of hydrogen-bond donors (Lipinski definition) is 2. The monoisotopic (exact) mass is 382 g/mol. The van der Waals surface area contributed by atoms with Crippen LogP contribution < -0.4 is 11.1 Å². The number of nitrogens with two attached hydrogens (primary N) is 1. The summed E-state index contributed by atoms with van der Waals surface area (Å²) in [5.41, 5.74) is 6.00. The van der Waals surface area contributed by atoms with Crippen LogP contribution in [0.2, 0.25) is 0 Å². The fourth-order valence-electron chi connectivity index (χ4n) is 2.00. The smallest absolute Gasteiger partial charge is 0.252 e. The quantitative estimate of drug-likeness (QED) is 0.833. The molecule has 2 amide bonds. The Morgan fingerprint density at radius 2 is 1.87 bits per heavy atom. The largest absolute Gasteiger partial charge is 0.368 e. The molecule has 2 aromatic rings. The zero-order valence-corrected chi connectivity index (χ0v) is 13.4. The Bertz CT molecular complexity index is 753. The van der Waals surface area contributed by atoms with Crippen molar-refractivity contribution in [2.24, 2.45) is 5.73 Å². The van der Waals surface area contributed by atoms with Gasteiger partial charge in [0.1, 0.15) is 6.04 Å². The second-order valence-corrected chi connectivity index (χ2v) is 5.81. The fourth-order valence-corrected chi connectivity index (χ4v) is 2.45. The molecule has 120 valence electrons. The Hall–Kier alpha value is -2.28. The maximum absolute atomic E-state index is 13.2. The number of carbonyl (C=O) groups excluding carboxylic acids is 2. The van der Waals surface area contributed by atoms with Crippen LogP contribution >= 0.6 is 15.9 Å². The third-order valence-corrected chi connectivity index (χ3v) is 3.65. The summed E-state index contributed by atoms with van der Waals surface area (Å²) in [6, 6.07) is 8.95. The highest BCUT2D eigenvalue weighted by Gasteiger charge is 2.20. The van der Waals surface area contributed by atoms with Crippen LogP contribution in [0.3, 0.4) is 0 Å². The van der Waals surface area contributed by atoms with Gasteiger partial charge >= 0.3 is 0 Å². The van der Waals surface area contributed by atoms with Crippen molar-refractivity contribution in [3.63, 3.8) is 0 Å². The lowest BCUT2D eigenvalue weighted by Crippen LogP contribution is -2.45. The predicted octanol–water partition coefficient (Wildman–Crippen LogP) is 2.55. The predicted molar refractivity (Wildman–Crippen MR) is 84.7 cm³/mol. The van der Waals surface area contributed by atoms with Crippen LogP contribution in [-0.2, 0) is 11.2 Å². The minimum Gasteiger partial charge on any atom is -0.368 e. The van der Waals surface area contributed by atoms with Crippen molar-refractivity contribution >= 4 is 27.7 Å². The molecule has 0 aliphatic heterocycles. The van der Waals surface area contributed by atoms with E-state index in [9.17, 15) is 18.4 Å². The third-order valence-electron chi connectivity index (χ3n) is 3.16. The molecule has 3 N–H and O–H groups in total. The lowest BCUT2D eigenvalue weighted by atomic mass is 10.0. The zero-order valence-electron chi connectivity index (χ0n) is 11.9. The summed E-state index contributed by atoms with van der Waals surface area (Å²) in [6.45, 7) is 0. The van der Waals surface area contributed by atoms with Gasteiger partial charge in [0.2, 0.25) is 5.91 Å². The van der Waals surface area contributed by atoms with Gasteiger partial charge in [0.25, 0.3) is 5.91 Å². The minimum atomic E-state index is -1.14. The van der Waals surface area contributed by atoms with Gasteiger partial charge in [-0.2, -0.15) is 0 Å². The number of carbonyl (C=O) groups is 2. The van der Waals surface area contributed by atoms with Crippen LogP contribution in [0.5, 0.6) is 0 Å². The number of amides is 2. The number of rotatable bonds is 5. The van der Waals surface area contributed by atoms with Gasteiger partial charge in [0.05, 0.1) is 0 Å². The van der Waals surface area contributed by atoms with Crippen LogP contribution in [0.25, 0.3) is 0 Å². The van der Waals surface area contributed by atoms with Gasteiger partial charge in [0, 0.05) is 16.5 Å². The van der Waals surface area contributed by atoms with Crippen molar-refractivity contribution in [1.29, 1.82) is 0 Å². The second kappa shape index (κ2) is 7.32. The molecule has 0 radical (unpaired) electrons. The van der Waals surface area contributed by atoms with E-state index in [0.717, 1.165) is 28.2 Å². The van der Waals surface area contributed by atoms with Crippen molar-refractivity contribution in [3.8, 4) is 0 Å². The van der Waals surface area contributed by atoms with Gasteiger partial charge in [-0.1, -0.05) is 28.1 Å². The van der Waals surface area contributed by atoms with Gasteiger partial charge in [-0.3, -0.25) is 9.59 Å². The molecular formula is C16H13BrF2N2O2. The fraction of sp³-hybridized carbons (Fsp3) is 0.125. The summed E-state index contributed by atoms with van der Waals surface area (Å²) < 4.78 is 26.9. The highest BCUT2D eigenvalue weighted by atomic mass is 79.9. The first-order valence-electron chi connectivity index (χ1n) is 6.66. The lowest BCUT2D eigenvalue weighted by molar-refractivity contribution is -0.119. The Kier molecular flexibility index (Phi) is 5.44. The molecule has 2 rings (SSSR count). The van der Waals surface area contributed by atoms with E-state index in [0.29, 0.717) is 0 Å². The molecule has 0 heterocycles. The van der Waals surface area contributed by atoms with Crippen molar-refractivity contribution in [2.45, 2.75) is 12.5 Å². The summed E-state index contributed by atoms with van der Waals surface area (Å²) in [5.74, 6) is -3.62. The molecule has 0 fully saturated rings. The number of benzene rings is 2. The van der Waals surface area contributed by atoms with E-state index in [1.54, 1.807) is 18.2 Å². The highest BCUT2D eigenvalue weighted by molar-refractivity contribution is 9.10. The van der Waals surface area contributed by atoms with Crippen molar-refractivity contribution in [1.82, 2.24) is 5.32 Å². The first kappa shape index (κ1) is 17.1. The molecule has 0 aromatic heterocycles. The molecule has 23 heavy (non-hydrogen) atoms. The van der Waals surface area contributed by atoms with Crippen LogP contribution in [0, 0.1) is 11.6 Å².